The molecule has 27 heavy (non-hydrogen) atoms. The number of aryl methyl sites for hydroxylation is 2. The number of alkyl halides is 3. The molecule has 0 aliphatic heterocycles. The summed E-state index contributed by atoms with van der Waals surface area (Å²) in [7, 11) is -4.33. The summed E-state index contributed by atoms with van der Waals surface area (Å²) in [5.74, 6) is -0.904. The third kappa shape index (κ3) is 3.92. The van der Waals surface area contributed by atoms with Crippen molar-refractivity contribution in [3.05, 3.63) is 35.2 Å². The van der Waals surface area contributed by atoms with E-state index in [4.69, 9.17) is 9.26 Å². The van der Waals surface area contributed by atoms with Crippen molar-refractivity contribution < 1.29 is 35.6 Å². The van der Waals surface area contributed by atoms with Crippen LogP contribution in [0.5, 0.6) is 5.75 Å². The van der Waals surface area contributed by atoms with E-state index in [1.54, 1.807) is 20.8 Å². The number of nitrogens with zero attached hydrogens (tertiary/aromatic N) is 1. The van der Waals surface area contributed by atoms with Crippen LogP contribution in [0, 0.1) is 13.8 Å². The normalized spacial score (nSPS) is 13.3. The van der Waals surface area contributed by atoms with Crippen LogP contribution < -0.4 is 10.1 Å². The Morgan fingerprint density at radius 1 is 1.30 bits per heavy atom. The number of hydrogen-bond donors (Lipinski definition) is 1. The molecule has 11 heteroatoms. The molecule has 0 saturated heterocycles. The number of hydrogen-bond acceptors (Lipinski definition) is 6. The fraction of sp³-hybridized carbons (Fsp3) is 0.375. The highest BCUT2D eigenvalue weighted by atomic mass is 32.2. The van der Waals surface area contributed by atoms with E-state index in [1.165, 1.54) is 7.11 Å². The lowest BCUT2D eigenvalue weighted by molar-refractivity contribution is -0.117. The highest BCUT2D eigenvalue weighted by Gasteiger charge is 2.47. The Hall–Kier alpha value is -2.56. The molecular formula is C16H17F3N2O5S. The van der Waals surface area contributed by atoms with Gasteiger partial charge < -0.3 is 14.6 Å². The Morgan fingerprint density at radius 2 is 1.93 bits per heavy atom. The molecule has 0 radical (unpaired) electrons. The molecule has 1 amide bonds. The Bertz CT molecular complexity index is 947. The molecule has 0 spiro atoms. The topological polar surface area (TPSA) is 98.5 Å². The fourth-order valence-electron chi connectivity index (χ4n) is 2.57. The number of nitrogens with one attached hydrogen (secondary N) is 1. The lowest BCUT2D eigenvalue weighted by Gasteiger charge is -2.16. The molecule has 2 rings (SSSR count). The highest BCUT2D eigenvalue weighted by Crippen LogP contribution is 2.35. The number of carbonyl (C=O) groups excluding carboxylic acids is 1. The number of amides is 1. The van der Waals surface area contributed by atoms with Crippen molar-refractivity contribution in [2.45, 2.75) is 37.1 Å². The van der Waals surface area contributed by atoms with Crippen molar-refractivity contribution in [1.29, 1.82) is 0 Å². The number of carbonyl (C=O) groups is 1. The number of anilines is 1. The molecule has 0 bridgehead atoms. The van der Waals surface area contributed by atoms with Gasteiger partial charge in [0.2, 0.25) is 5.91 Å². The number of halogens is 3. The average molecular weight is 406 g/mol. The summed E-state index contributed by atoms with van der Waals surface area (Å²) in [4.78, 5) is 11.5. The number of methoxy groups -OCH3 is 1. The predicted octanol–water partition coefficient (Wildman–Crippen LogP) is 3.34. The maximum atomic E-state index is 12.8. The van der Waals surface area contributed by atoms with Crippen molar-refractivity contribution in [3.8, 4) is 5.75 Å². The Kier molecular flexibility index (Phi) is 5.55. The van der Waals surface area contributed by atoms with Crippen molar-refractivity contribution in [1.82, 2.24) is 5.16 Å². The first-order valence-electron chi connectivity index (χ1n) is 7.63. The fourth-order valence-corrected chi connectivity index (χ4v) is 3.35. The quantitative estimate of drug-likeness (QED) is 0.818. The first-order valence-corrected chi connectivity index (χ1v) is 9.11. The number of rotatable bonds is 5. The molecule has 0 saturated carbocycles. The molecule has 1 N–H and O–H groups in total. The zero-order valence-corrected chi connectivity index (χ0v) is 15.7. The zero-order chi connectivity index (χ0) is 20.6. The van der Waals surface area contributed by atoms with Gasteiger partial charge in [-0.3, -0.25) is 4.79 Å². The molecule has 148 valence electrons. The highest BCUT2D eigenvalue weighted by molar-refractivity contribution is 7.92. The second kappa shape index (κ2) is 7.22. The van der Waals surface area contributed by atoms with E-state index in [0.717, 1.165) is 12.1 Å². The van der Waals surface area contributed by atoms with Gasteiger partial charge in [0.15, 0.2) is 0 Å². The van der Waals surface area contributed by atoms with Gasteiger partial charge in [-0.25, -0.2) is 8.42 Å². The van der Waals surface area contributed by atoms with Crippen LogP contribution >= 0.6 is 0 Å². The molecule has 2 aromatic rings. The van der Waals surface area contributed by atoms with Gasteiger partial charge in [0.05, 0.1) is 29.3 Å². The zero-order valence-electron chi connectivity index (χ0n) is 14.8. The van der Waals surface area contributed by atoms with Crippen LogP contribution in [0.15, 0.2) is 27.6 Å². The summed E-state index contributed by atoms with van der Waals surface area (Å²) in [6.07, 6.45) is 0. The second-order valence-electron chi connectivity index (χ2n) is 5.76. The molecule has 0 aliphatic carbocycles. The minimum Gasteiger partial charge on any atom is -0.495 e. The summed E-state index contributed by atoms with van der Waals surface area (Å²) in [5.41, 5.74) is -4.64. The number of sulfone groups is 1. The van der Waals surface area contributed by atoms with Crippen molar-refractivity contribution >= 4 is 21.4 Å². The molecule has 1 unspecified atom stereocenters. The molecule has 1 aromatic carbocycles. The predicted molar refractivity (Wildman–Crippen MR) is 89.3 cm³/mol. The summed E-state index contributed by atoms with van der Waals surface area (Å²) in [6, 6.07) is 2.50. The second-order valence-corrected chi connectivity index (χ2v) is 7.70. The van der Waals surface area contributed by atoms with Crippen LogP contribution in [0.3, 0.4) is 0 Å². The summed E-state index contributed by atoms with van der Waals surface area (Å²) >= 11 is 0. The molecule has 1 atom stereocenters. The van der Waals surface area contributed by atoms with Crippen LogP contribution in [0.25, 0.3) is 0 Å². The number of aromatic nitrogens is 1. The third-order valence-electron chi connectivity index (χ3n) is 3.96. The Morgan fingerprint density at radius 3 is 2.41 bits per heavy atom. The lowest BCUT2D eigenvalue weighted by Crippen LogP contribution is -2.24. The maximum Gasteiger partial charge on any atom is 0.501 e. The average Bonchev–Trinajstić information content (AvgIpc) is 2.91. The molecule has 0 aliphatic rings. The third-order valence-corrected chi connectivity index (χ3v) is 5.44. The standard InChI is InChI=1S/C16H17F3N2O5S/c1-8(14-9(2)21-26-10(14)3)15(22)20-12-7-11(5-6-13(12)25-4)27(23,24)16(17,18)19/h5-8H,1-4H3,(H,20,22). The summed E-state index contributed by atoms with van der Waals surface area (Å²) in [5, 5.41) is 6.15. The van der Waals surface area contributed by atoms with Gasteiger partial charge in [-0.05, 0) is 39.0 Å². The Balaban J connectivity index is 2.40. The van der Waals surface area contributed by atoms with Crippen LogP contribution in [0.4, 0.5) is 18.9 Å². The van der Waals surface area contributed by atoms with E-state index in [9.17, 15) is 26.4 Å². The van der Waals surface area contributed by atoms with Crippen LogP contribution in [-0.2, 0) is 14.6 Å². The minimum absolute atomic E-state index is 0.00966. The lowest BCUT2D eigenvalue weighted by atomic mass is 9.98. The summed E-state index contributed by atoms with van der Waals surface area (Å²) < 4.78 is 71.5. The van der Waals surface area contributed by atoms with Gasteiger partial charge in [0.1, 0.15) is 11.5 Å². The number of benzene rings is 1. The van der Waals surface area contributed by atoms with Crippen LogP contribution in [0.1, 0.15) is 29.9 Å². The van der Waals surface area contributed by atoms with Crippen molar-refractivity contribution in [2.24, 2.45) is 0 Å². The SMILES string of the molecule is COc1ccc(S(=O)(=O)C(F)(F)F)cc1NC(=O)C(C)c1c(C)noc1C. The van der Waals surface area contributed by atoms with E-state index in [0.29, 0.717) is 23.1 Å². The molecule has 1 heterocycles. The largest absolute Gasteiger partial charge is 0.501 e. The van der Waals surface area contributed by atoms with Gasteiger partial charge in [-0.15, -0.1) is 0 Å². The van der Waals surface area contributed by atoms with E-state index in [-0.39, 0.29) is 11.4 Å². The Labute approximate surface area is 153 Å². The minimum atomic E-state index is -5.57. The molecule has 1 aromatic heterocycles. The number of ether oxygens (including phenoxy) is 1. The molecule has 0 fully saturated rings. The summed E-state index contributed by atoms with van der Waals surface area (Å²) in [6.45, 7) is 4.83. The molecular weight excluding hydrogens is 389 g/mol. The van der Waals surface area contributed by atoms with Gasteiger partial charge in [-0.1, -0.05) is 5.16 Å². The maximum absolute atomic E-state index is 12.8. The van der Waals surface area contributed by atoms with E-state index < -0.39 is 32.1 Å². The van der Waals surface area contributed by atoms with Crippen molar-refractivity contribution in [2.75, 3.05) is 12.4 Å². The van der Waals surface area contributed by atoms with Crippen LogP contribution in [-0.4, -0.2) is 32.1 Å². The van der Waals surface area contributed by atoms with E-state index >= 15 is 0 Å². The van der Waals surface area contributed by atoms with E-state index in [2.05, 4.69) is 10.5 Å². The first-order chi connectivity index (χ1) is 12.4. The van der Waals surface area contributed by atoms with Gasteiger partial charge >= 0.3 is 5.51 Å². The van der Waals surface area contributed by atoms with Crippen molar-refractivity contribution in [3.63, 3.8) is 0 Å². The monoisotopic (exact) mass is 406 g/mol. The first kappa shape index (κ1) is 20.7. The smallest absolute Gasteiger partial charge is 0.495 e. The van der Waals surface area contributed by atoms with E-state index in [1.807, 2.05) is 0 Å². The van der Waals surface area contributed by atoms with Gasteiger partial charge in [0.25, 0.3) is 9.84 Å². The molecule has 7 nitrogen and oxygen atoms in total. The van der Waals surface area contributed by atoms with Gasteiger partial charge in [0, 0.05) is 5.56 Å². The van der Waals surface area contributed by atoms with Gasteiger partial charge in [-0.2, -0.15) is 13.2 Å². The van der Waals surface area contributed by atoms with Crippen LogP contribution in [0.2, 0.25) is 0 Å².